The first kappa shape index (κ1) is 21.2. The van der Waals surface area contributed by atoms with Crippen molar-refractivity contribution >= 4 is 11.6 Å². The first-order valence-electron chi connectivity index (χ1n) is 10.5. The highest BCUT2D eigenvalue weighted by atomic mass is 16.5. The molecule has 2 aromatic carbocycles. The number of rotatable bonds is 7. The van der Waals surface area contributed by atoms with Gasteiger partial charge in [0.2, 0.25) is 5.91 Å². The SMILES string of the molecule is COc1ccc(C2CCCCCN2CC(=O)NCc2ccc(N(C)C)cc2)cc1. The van der Waals surface area contributed by atoms with Gasteiger partial charge in [0, 0.05) is 32.4 Å². The first-order chi connectivity index (χ1) is 14.1. The third-order valence-corrected chi connectivity index (χ3v) is 5.65. The molecule has 29 heavy (non-hydrogen) atoms. The lowest BCUT2D eigenvalue weighted by Gasteiger charge is -2.30. The van der Waals surface area contributed by atoms with E-state index in [0.29, 0.717) is 13.1 Å². The van der Waals surface area contributed by atoms with Crippen LogP contribution in [0.5, 0.6) is 5.75 Å². The fourth-order valence-corrected chi connectivity index (χ4v) is 3.91. The first-order valence-corrected chi connectivity index (χ1v) is 10.5. The summed E-state index contributed by atoms with van der Waals surface area (Å²) < 4.78 is 5.29. The van der Waals surface area contributed by atoms with Crippen LogP contribution in [0.4, 0.5) is 5.69 Å². The highest BCUT2D eigenvalue weighted by molar-refractivity contribution is 5.78. The Balaban J connectivity index is 1.59. The molecule has 2 aromatic rings. The van der Waals surface area contributed by atoms with E-state index in [2.05, 4.69) is 51.5 Å². The fraction of sp³-hybridized carbons (Fsp3) is 0.458. The van der Waals surface area contributed by atoms with Crippen LogP contribution < -0.4 is 15.0 Å². The minimum atomic E-state index is 0.0853. The molecule has 0 saturated carbocycles. The maximum absolute atomic E-state index is 12.7. The van der Waals surface area contributed by atoms with E-state index in [1.54, 1.807) is 7.11 Å². The van der Waals surface area contributed by atoms with Crippen molar-refractivity contribution in [2.24, 2.45) is 0 Å². The predicted molar refractivity (Wildman–Crippen MR) is 118 cm³/mol. The number of anilines is 1. The molecule has 1 aliphatic rings. The molecule has 0 bridgehead atoms. The number of hydrogen-bond acceptors (Lipinski definition) is 4. The second-order valence-electron chi connectivity index (χ2n) is 7.95. The molecule has 156 valence electrons. The average molecular weight is 396 g/mol. The van der Waals surface area contributed by atoms with Crippen molar-refractivity contribution in [2.75, 3.05) is 39.2 Å². The molecule has 0 spiro atoms. The van der Waals surface area contributed by atoms with Crippen LogP contribution in [-0.2, 0) is 11.3 Å². The molecule has 1 aliphatic heterocycles. The van der Waals surface area contributed by atoms with Gasteiger partial charge in [-0.1, -0.05) is 37.1 Å². The standard InChI is InChI=1S/C24H33N3O2/c1-26(2)21-12-8-19(9-13-21)17-25-24(28)18-27-16-6-4-5-7-23(27)20-10-14-22(29-3)15-11-20/h8-15,23H,4-7,16-18H2,1-3H3,(H,25,28). The van der Waals surface area contributed by atoms with Crippen molar-refractivity contribution in [3.8, 4) is 5.75 Å². The highest BCUT2D eigenvalue weighted by Crippen LogP contribution is 2.30. The molecule has 3 rings (SSSR count). The Morgan fingerprint density at radius 1 is 1.07 bits per heavy atom. The van der Waals surface area contributed by atoms with Crippen molar-refractivity contribution in [3.63, 3.8) is 0 Å². The summed E-state index contributed by atoms with van der Waals surface area (Å²) in [6.45, 7) is 1.96. The quantitative estimate of drug-likeness (QED) is 0.770. The van der Waals surface area contributed by atoms with Gasteiger partial charge in [-0.05, 0) is 54.8 Å². The van der Waals surface area contributed by atoms with E-state index in [0.717, 1.165) is 36.4 Å². The topological polar surface area (TPSA) is 44.8 Å². The Morgan fingerprint density at radius 2 is 1.79 bits per heavy atom. The van der Waals surface area contributed by atoms with Gasteiger partial charge in [-0.2, -0.15) is 0 Å². The maximum Gasteiger partial charge on any atom is 0.234 e. The number of likely N-dealkylation sites (tertiary alicyclic amines) is 1. The predicted octanol–water partition coefficient (Wildman–Crippen LogP) is 3.99. The van der Waals surface area contributed by atoms with Crippen LogP contribution in [0.2, 0.25) is 0 Å². The zero-order chi connectivity index (χ0) is 20.6. The second-order valence-corrected chi connectivity index (χ2v) is 7.95. The van der Waals surface area contributed by atoms with Crippen molar-refractivity contribution in [3.05, 3.63) is 59.7 Å². The molecule has 1 heterocycles. The minimum Gasteiger partial charge on any atom is -0.497 e. The number of ether oxygens (including phenoxy) is 1. The Hall–Kier alpha value is -2.53. The van der Waals surface area contributed by atoms with Crippen molar-refractivity contribution in [2.45, 2.75) is 38.3 Å². The molecule has 1 unspecified atom stereocenters. The van der Waals surface area contributed by atoms with Crippen LogP contribution in [-0.4, -0.2) is 45.1 Å². The maximum atomic E-state index is 12.7. The summed E-state index contributed by atoms with van der Waals surface area (Å²) in [5, 5.41) is 3.09. The lowest BCUT2D eigenvalue weighted by atomic mass is 10.0. The van der Waals surface area contributed by atoms with Crippen molar-refractivity contribution in [1.82, 2.24) is 10.2 Å². The van der Waals surface area contributed by atoms with Gasteiger partial charge >= 0.3 is 0 Å². The number of benzene rings is 2. The van der Waals surface area contributed by atoms with Crippen LogP contribution in [0, 0.1) is 0 Å². The smallest absolute Gasteiger partial charge is 0.234 e. The van der Waals surface area contributed by atoms with Crippen LogP contribution in [0.25, 0.3) is 0 Å². The summed E-state index contributed by atoms with van der Waals surface area (Å²) in [6.07, 6.45) is 4.66. The average Bonchev–Trinajstić information content (AvgIpc) is 2.98. The summed E-state index contributed by atoms with van der Waals surface area (Å²) in [6, 6.07) is 16.9. The Bertz CT molecular complexity index is 772. The van der Waals surface area contributed by atoms with E-state index in [1.165, 1.54) is 18.4 Å². The molecule has 5 nitrogen and oxygen atoms in total. The van der Waals surface area contributed by atoms with E-state index < -0.39 is 0 Å². The molecule has 1 amide bonds. The Labute approximate surface area is 174 Å². The zero-order valence-corrected chi connectivity index (χ0v) is 17.9. The van der Waals surface area contributed by atoms with Crippen LogP contribution in [0.1, 0.15) is 42.9 Å². The van der Waals surface area contributed by atoms with Gasteiger partial charge < -0.3 is 15.0 Å². The van der Waals surface area contributed by atoms with Gasteiger partial charge in [-0.3, -0.25) is 9.69 Å². The summed E-state index contributed by atoms with van der Waals surface area (Å²) in [7, 11) is 5.74. The number of carbonyl (C=O) groups is 1. The van der Waals surface area contributed by atoms with E-state index in [-0.39, 0.29) is 11.9 Å². The van der Waals surface area contributed by atoms with Crippen LogP contribution >= 0.6 is 0 Å². The van der Waals surface area contributed by atoms with Crippen LogP contribution in [0.3, 0.4) is 0 Å². The number of nitrogens with one attached hydrogen (secondary N) is 1. The number of amides is 1. The normalized spacial score (nSPS) is 17.4. The van der Waals surface area contributed by atoms with Gasteiger partial charge in [0.25, 0.3) is 0 Å². The molecule has 1 N–H and O–H groups in total. The lowest BCUT2D eigenvalue weighted by Crippen LogP contribution is -2.39. The van der Waals surface area contributed by atoms with Gasteiger partial charge in [0.1, 0.15) is 5.75 Å². The van der Waals surface area contributed by atoms with E-state index in [4.69, 9.17) is 4.74 Å². The third-order valence-electron chi connectivity index (χ3n) is 5.65. The molecule has 5 heteroatoms. The van der Waals surface area contributed by atoms with Gasteiger partial charge in [-0.25, -0.2) is 0 Å². The van der Waals surface area contributed by atoms with Gasteiger partial charge in [-0.15, -0.1) is 0 Å². The monoisotopic (exact) mass is 395 g/mol. The molecule has 1 atom stereocenters. The second kappa shape index (κ2) is 10.3. The number of hydrogen-bond donors (Lipinski definition) is 1. The summed E-state index contributed by atoms with van der Waals surface area (Å²) in [4.78, 5) is 17.1. The molecule has 1 fully saturated rings. The summed E-state index contributed by atoms with van der Waals surface area (Å²) in [5.74, 6) is 0.953. The fourth-order valence-electron chi connectivity index (χ4n) is 3.91. The zero-order valence-electron chi connectivity index (χ0n) is 17.9. The number of methoxy groups -OCH3 is 1. The van der Waals surface area contributed by atoms with Crippen molar-refractivity contribution < 1.29 is 9.53 Å². The lowest BCUT2D eigenvalue weighted by molar-refractivity contribution is -0.123. The molecule has 0 radical (unpaired) electrons. The summed E-state index contributed by atoms with van der Waals surface area (Å²) in [5.41, 5.74) is 3.54. The van der Waals surface area contributed by atoms with Gasteiger partial charge in [0.05, 0.1) is 13.7 Å². The highest BCUT2D eigenvalue weighted by Gasteiger charge is 2.24. The Morgan fingerprint density at radius 3 is 2.45 bits per heavy atom. The van der Waals surface area contributed by atoms with Crippen molar-refractivity contribution in [1.29, 1.82) is 0 Å². The third kappa shape index (κ3) is 5.97. The van der Waals surface area contributed by atoms with E-state index in [1.807, 2.05) is 26.2 Å². The molecular weight excluding hydrogens is 362 g/mol. The largest absolute Gasteiger partial charge is 0.497 e. The van der Waals surface area contributed by atoms with E-state index in [9.17, 15) is 4.79 Å². The van der Waals surface area contributed by atoms with Gasteiger partial charge in [0.15, 0.2) is 0 Å². The summed E-state index contributed by atoms with van der Waals surface area (Å²) >= 11 is 0. The molecule has 0 aliphatic carbocycles. The molecule has 0 aromatic heterocycles. The molecular formula is C24H33N3O2. The number of nitrogens with zero attached hydrogens (tertiary/aromatic N) is 2. The number of carbonyl (C=O) groups excluding carboxylic acids is 1. The Kier molecular flexibility index (Phi) is 7.53. The minimum absolute atomic E-state index is 0.0853. The molecule has 1 saturated heterocycles. The van der Waals surface area contributed by atoms with Crippen LogP contribution in [0.15, 0.2) is 48.5 Å². The van der Waals surface area contributed by atoms with E-state index >= 15 is 0 Å².